The average Bonchev–Trinajstić information content (AvgIpc) is 2.79. The highest BCUT2D eigenvalue weighted by Gasteiger charge is 2.18. The predicted octanol–water partition coefficient (Wildman–Crippen LogP) is 5.16. The van der Waals surface area contributed by atoms with Crippen molar-refractivity contribution < 1.29 is 9.66 Å². The van der Waals surface area contributed by atoms with Gasteiger partial charge in [0.25, 0.3) is 11.2 Å². The van der Waals surface area contributed by atoms with E-state index in [9.17, 15) is 14.9 Å². The molecule has 7 nitrogen and oxygen atoms in total. The molecule has 0 aliphatic heterocycles. The standard InChI is InChI=1S/C23H19N3O4S/c1-15(16-6-5-7-18(14-16)26(28)29)31-23-24-21-9-4-3-8-20(21)22(27)25(23)17-10-12-19(30-2)13-11-17/h3-15H,1-2H3. The third-order valence-corrected chi connectivity index (χ3v) is 6.02. The molecular formula is C23H19N3O4S. The summed E-state index contributed by atoms with van der Waals surface area (Å²) in [5, 5.41) is 12.0. The maximum atomic E-state index is 13.4. The molecule has 0 aliphatic rings. The second-order valence-corrected chi connectivity index (χ2v) is 8.17. The lowest BCUT2D eigenvalue weighted by Gasteiger charge is -2.17. The molecule has 1 aromatic heterocycles. The van der Waals surface area contributed by atoms with E-state index in [0.29, 0.717) is 27.5 Å². The topological polar surface area (TPSA) is 87.3 Å². The van der Waals surface area contributed by atoms with Crippen LogP contribution in [0.1, 0.15) is 17.7 Å². The van der Waals surface area contributed by atoms with Crippen LogP contribution in [-0.4, -0.2) is 21.6 Å². The van der Waals surface area contributed by atoms with Gasteiger partial charge in [0.05, 0.1) is 28.6 Å². The Kier molecular flexibility index (Phi) is 5.73. The van der Waals surface area contributed by atoms with E-state index in [0.717, 1.165) is 5.56 Å². The van der Waals surface area contributed by atoms with Crippen molar-refractivity contribution in [3.63, 3.8) is 0 Å². The first kappa shape index (κ1) is 20.6. The lowest BCUT2D eigenvalue weighted by atomic mass is 10.1. The van der Waals surface area contributed by atoms with Gasteiger partial charge in [0.15, 0.2) is 5.16 Å². The highest BCUT2D eigenvalue weighted by Crippen LogP contribution is 2.36. The van der Waals surface area contributed by atoms with Crippen LogP contribution in [0, 0.1) is 10.1 Å². The molecule has 0 amide bonds. The third kappa shape index (κ3) is 4.15. The van der Waals surface area contributed by atoms with Crippen molar-refractivity contribution in [1.82, 2.24) is 9.55 Å². The Balaban J connectivity index is 1.83. The largest absolute Gasteiger partial charge is 0.497 e. The minimum atomic E-state index is -0.414. The monoisotopic (exact) mass is 433 g/mol. The van der Waals surface area contributed by atoms with Gasteiger partial charge in [-0.3, -0.25) is 19.5 Å². The number of nitro groups is 1. The molecule has 0 aliphatic carbocycles. The highest BCUT2D eigenvalue weighted by molar-refractivity contribution is 7.99. The molecule has 0 saturated heterocycles. The van der Waals surface area contributed by atoms with Gasteiger partial charge in [-0.2, -0.15) is 0 Å². The SMILES string of the molecule is COc1ccc(-n2c(SC(C)c3cccc([N+](=O)[O-])c3)nc3ccccc3c2=O)cc1. The Morgan fingerprint density at radius 1 is 1.06 bits per heavy atom. The Morgan fingerprint density at radius 2 is 1.81 bits per heavy atom. The van der Waals surface area contributed by atoms with Gasteiger partial charge in [-0.25, -0.2) is 4.98 Å². The Bertz CT molecular complexity index is 1320. The lowest BCUT2D eigenvalue weighted by molar-refractivity contribution is -0.384. The Hall–Kier alpha value is -3.65. The van der Waals surface area contributed by atoms with Gasteiger partial charge in [-0.05, 0) is 48.9 Å². The molecule has 1 heterocycles. The van der Waals surface area contributed by atoms with Crippen molar-refractivity contribution in [3.05, 3.63) is 98.8 Å². The van der Waals surface area contributed by atoms with E-state index < -0.39 is 4.92 Å². The summed E-state index contributed by atoms with van der Waals surface area (Å²) >= 11 is 1.38. The van der Waals surface area contributed by atoms with Crippen LogP contribution >= 0.6 is 11.8 Å². The van der Waals surface area contributed by atoms with Crippen molar-refractivity contribution >= 4 is 28.4 Å². The van der Waals surface area contributed by atoms with Crippen LogP contribution in [0.2, 0.25) is 0 Å². The Morgan fingerprint density at radius 3 is 2.52 bits per heavy atom. The molecule has 156 valence electrons. The van der Waals surface area contributed by atoms with Gasteiger partial charge < -0.3 is 4.74 Å². The van der Waals surface area contributed by atoms with Crippen LogP contribution in [0.5, 0.6) is 5.75 Å². The maximum Gasteiger partial charge on any atom is 0.269 e. The van der Waals surface area contributed by atoms with E-state index in [1.165, 1.54) is 17.8 Å². The van der Waals surface area contributed by atoms with Gasteiger partial charge >= 0.3 is 0 Å². The molecule has 0 saturated carbocycles. The van der Waals surface area contributed by atoms with E-state index in [2.05, 4.69) is 0 Å². The summed E-state index contributed by atoms with van der Waals surface area (Å²) in [6.07, 6.45) is 0. The van der Waals surface area contributed by atoms with E-state index in [1.807, 2.05) is 25.1 Å². The molecule has 1 unspecified atom stereocenters. The summed E-state index contributed by atoms with van der Waals surface area (Å²) in [5.74, 6) is 0.685. The smallest absolute Gasteiger partial charge is 0.269 e. The van der Waals surface area contributed by atoms with Crippen LogP contribution in [-0.2, 0) is 0 Å². The summed E-state index contributed by atoms with van der Waals surface area (Å²) in [6, 6.07) is 20.9. The van der Waals surface area contributed by atoms with Crippen LogP contribution < -0.4 is 10.3 Å². The number of methoxy groups -OCH3 is 1. The molecule has 8 heteroatoms. The molecule has 0 spiro atoms. The molecule has 0 fully saturated rings. The first-order valence-corrected chi connectivity index (χ1v) is 10.4. The van der Waals surface area contributed by atoms with Gasteiger partial charge in [-0.1, -0.05) is 36.0 Å². The van der Waals surface area contributed by atoms with Crippen LogP contribution in [0.4, 0.5) is 5.69 Å². The molecular weight excluding hydrogens is 414 g/mol. The van der Waals surface area contributed by atoms with E-state index in [-0.39, 0.29) is 16.5 Å². The normalized spacial score (nSPS) is 11.9. The fraction of sp³-hybridized carbons (Fsp3) is 0.130. The van der Waals surface area contributed by atoms with Crippen molar-refractivity contribution in [2.24, 2.45) is 0 Å². The number of rotatable bonds is 6. The minimum absolute atomic E-state index is 0.0314. The minimum Gasteiger partial charge on any atom is -0.497 e. The van der Waals surface area contributed by atoms with Crippen molar-refractivity contribution in [3.8, 4) is 11.4 Å². The summed E-state index contributed by atoms with van der Waals surface area (Å²) < 4.78 is 6.80. The van der Waals surface area contributed by atoms with Gasteiger partial charge in [0.1, 0.15) is 5.75 Å². The first-order valence-electron chi connectivity index (χ1n) is 9.55. The number of aromatic nitrogens is 2. The quantitative estimate of drug-likeness (QED) is 0.181. The average molecular weight is 433 g/mol. The fourth-order valence-corrected chi connectivity index (χ4v) is 4.31. The second-order valence-electron chi connectivity index (χ2n) is 6.86. The molecule has 4 rings (SSSR count). The summed E-state index contributed by atoms with van der Waals surface area (Å²) in [6.45, 7) is 1.93. The first-order chi connectivity index (χ1) is 15.0. The summed E-state index contributed by atoms with van der Waals surface area (Å²) in [5.41, 5.74) is 1.90. The number of nitro benzene ring substituents is 1. The summed E-state index contributed by atoms with van der Waals surface area (Å²) in [4.78, 5) is 28.8. The van der Waals surface area contributed by atoms with E-state index in [4.69, 9.17) is 9.72 Å². The second kappa shape index (κ2) is 8.61. The highest BCUT2D eigenvalue weighted by atomic mass is 32.2. The molecule has 3 aromatic carbocycles. The number of fused-ring (bicyclic) bond motifs is 1. The zero-order valence-corrected chi connectivity index (χ0v) is 17.7. The number of hydrogen-bond donors (Lipinski definition) is 0. The van der Waals surface area contributed by atoms with Gasteiger partial charge in [-0.15, -0.1) is 0 Å². The van der Waals surface area contributed by atoms with Crippen LogP contribution in [0.3, 0.4) is 0 Å². The zero-order valence-electron chi connectivity index (χ0n) is 16.9. The maximum absolute atomic E-state index is 13.4. The van der Waals surface area contributed by atoms with Gasteiger partial charge in [0.2, 0.25) is 0 Å². The summed E-state index contributed by atoms with van der Waals surface area (Å²) in [7, 11) is 1.58. The van der Waals surface area contributed by atoms with E-state index >= 15 is 0 Å². The molecule has 0 bridgehead atoms. The zero-order chi connectivity index (χ0) is 22.0. The lowest BCUT2D eigenvalue weighted by Crippen LogP contribution is -2.22. The number of para-hydroxylation sites is 1. The molecule has 0 radical (unpaired) electrons. The number of non-ortho nitro benzene ring substituents is 1. The van der Waals surface area contributed by atoms with Crippen LogP contribution in [0.15, 0.2) is 82.7 Å². The molecule has 1 atom stereocenters. The van der Waals surface area contributed by atoms with Gasteiger partial charge in [0, 0.05) is 17.4 Å². The Labute approximate surface area is 182 Å². The van der Waals surface area contributed by atoms with Crippen molar-refractivity contribution in [1.29, 1.82) is 0 Å². The fourth-order valence-electron chi connectivity index (χ4n) is 3.27. The van der Waals surface area contributed by atoms with E-state index in [1.54, 1.807) is 60.2 Å². The number of hydrogen-bond acceptors (Lipinski definition) is 6. The molecule has 31 heavy (non-hydrogen) atoms. The number of ether oxygens (including phenoxy) is 1. The number of nitrogens with zero attached hydrogens (tertiary/aromatic N) is 3. The van der Waals surface area contributed by atoms with Crippen molar-refractivity contribution in [2.75, 3.05) is 7.11 Å². The molecule has 0 N–H and O–H groups in total. The number of thioether (sulfide) groups is 1. The molecule has 4 aromatic rings. The van der Waals surface area contributed by atoms with Crippen LogP contribution in [0.25, 0.3) is 16.6 Å². The third-order valence-electron chi connectivity index (χ3n) is 4.91. The van der Waals surface area contributed by atoms with Crippen molar-refractivity contribution in [2.45, 2.75) is 17.3 Å². The number of benzene rings is 3. The predicted molar refractivity (Wildman–Crippen MR) is 121 cm³/mol.